The van der Waals surface area contributed by atoms with E-state index in [2.05, 4.69) is 113 Å². The van der Waals surface area contributed by atoms with Crippen LogP contribution in [-0.4, -0.2) is 96.7 Å². The summed E-state index contributed by atoms with van der Waals surface area (Å²) >= 11 is 0. The maximum atomic E-state index is 13.0. The number of phosphoric acid groups is 2. The smallest absolute Gasteiger partial charge is 0.462 e. The van der Waals surface area contributed by atoms with Gasteiger partial charge in [0.1, 0.15) is 19.3 Å². The number of hydrogen-bond donors (Lipinski definition) is 3. The molecule has 0 aromatic rings. The zero-order valence-corrected chi connectivity index (χ0v) is 59.0. The fraction of sp³-hybridized carbons (Fsp3) is 0.699. The summed E-state index contributed by atoms with van der Waals surface area (Å²) in [5, 5.41) is 10.6. The number of esters is 4. The molecule has 0 aromatic carbocycles. The molecular weight excluding hydrogens is 1210 g/mol. The molecule has 0 rings (SSSR count). The first-order chi connectivity index (χ1) is 44.7. The van der Waals surface area contributed by atoms with Crippen LogP contribution >= 0.6 is 15.6 Å². The highest BCUT2D eigenvalue weighted by atomic mass is 31.2. The van der Waals surface area contributed by atoms with Gasteiger partial charge in [-0.25, -0.2) is 9.13 Å². The van der Waals surface area contributed by atoms with Gasteiger partial charge in [-0.1, -0.05) is 253 Å². The van der Waals surface area contributed by atoms with E-state index in [1.54, 1.807) is 6.08 Å². The molecule has 0 aliphatic carbocycles. The highest BCUT2D eigenvalue weighted by Gasteiger charge is 2.30. The van der Waals surface area contributed by atoms with Crippen molar-refractivity contribution < 1.29 is 80.2 Å². The zero-order valence-electron chi connectivity index (χ0n) is 57.2. The van der Waals surface area contributed by atoms with Crippen molar-refractivity contribution in [1.29, 1.82) is 0 Å². The molecular formula is C73H124O17P2. The quantitative estimate of drug-likeness (QED) is 0.0169. The average molecular weight is 1340 g/mol. The summed E-state index contributed by atoms with van der Waals surface area (Å²) in [5.74, 6) is -2.35. The minimum absolute atomic E-state index is 0.0701. The van der Waals surface area contributed by atoms with E-state index >= 15 is 0 Å². The Bertz CT molecular complexity index is 2180. The lowest BCUT2D eigenvalue weighted by Gasteiger charge is -2.21. The van der Waals surface area contributed by atoms with Crippen LogP contribution in [0, 0.1) is 0 Å². The van der Waals surface area contributed by atoms with Crippen molar-refractivity contribution in [2.75, 3.05) is 39.6 Å². The van der Waals surface area contributed by atoms with E-state index in [0.29, 0.717) is 25.7 Å². The largest absolute Gasteiger partial charge is 0.472 e. The van der Waals surface area contributed by atoms with E-state index in [1.165, 1.54) is 51.4 Å². The maximum Gasteiger partial charge on any atom is 0.472 e. The number of allylic oxidation sites excluding steroid dienone is 17. The summed E-state index contributed by atoms with van der Waals surface area (Å²) in [6, 6.07) is 0. The van der Waals surface area contributed by atoms with Gasteiger partial charge in [0.05, 0.1) is 32.8 Å². The predicted molar refractivity (Wildman–Crippen MR) is 372 cm³/mol. The number of aliphatic hydroxyl groups is 1. The Hall–Kier alpha value is -4.28. The van der Waals surface area contributed by atoms with Gasteiger partial charge in [0.25, 0.3) is 0 Å². The van der Waals surface area contributed by atoms with Crippen molar-refractivity contribution in [3.05, 3.63) is 109 Å². The van der Waals surface area contributed by atoms with E-state index in [1.807, 2.05) is 18.2 Å². The van der Waals surface area contributed by atoms with Crippen LogP contribution in [-0.2, 0) is 65.4 Å². The molecule has 5 atom stereocenters. The van der Waals surface area contributed by atoms with Crippen LogP contribution < -0.4 is 0 Å². The Morgan fingerprint density at radius 3 is 1.01 bits per heavy atom. The number of phosphoric ester groups is 2. The second-order valence-corrected chi connectivity index (χ2v) is 26.0. The molecule has 0 bridgehead atoms. The molecule has 92 heavy (non-hydrogen) atoms. The number of rotatable bonds is 65. The van der Waals surface area contributed by atoms with Gasteiger partial charge in [-0.2, -0.15) is 0 Å². The molecule has 0 spiro atoms. The van der Waals surface area contributed by atoms with Gasteiger partial charge in [0, 0.05) is 19.3 Å². The third kappa shape index (κ3) is 64.4. The summed E-state index contributed by atoms with van der Waals surface area (Å²) in [4.78, 5) is 72.4. The van der Waals surface area contributed by atoms with Crippen LogP contribution in [0.1, 0.15) is 272 Å². The van der Waals surface area contributed by atoms with Crippen molar-refractivity contribution in [3.8, 4) is 0 Å². The van der Waals surface area contributed by atoms with Crippen molar-refractivity contribution in [2.45, 2.75) is 290 Å². The fourth-order valence-electron chi connectivity index (χ4n) is 8.93. The minimum Gasteiger partial charge on any atom is -0.462 e. The summed E-state index contributed by atoms with van der Waals surface area (Å²) in [7, 11) is -9.96. The van der Waals surface area contributed by atoms with E-state index in [0.717, 1.165) is 141 Å². The second-order valence-electron chi connectivity index (χ2n) is 23.1. The Labute approximate surface area is 556 Å². The van der Waals surface area contributed by atoms with E-state index in [-0.39, 0.29) is 25.7 Å². The van der Waals surface area contributed by atoms with Crippen molar-refractivity contribution in [2.24, 2.45) is 0 Å². The molecule has 0 saturated heterocycles. The number of hydrogen-bond acceptors (Lipinski definition) is 15. The molecule has 0 aromatic heterocycles. The van der Waals surface area contributed by atoms with E-state index < -0.39 is 97.5 Å². The Balaban J connectivity index is 5.38. The number of unbranched alkanes of at least 4 members (excludes halogenated alkanes) is 22. The standard InChI is InChI=1S/C73H124O17P2/c1-5-9-13-17-21-25-29-31-33-35-39-41-45-49-53-57-70(75)83-63-68(89-72(77)59-55-51-47-43-37-27-23-19-15-11-7-3)65-87-91(79,80)85-61-67(74)62-86-92(81,82)88-66-69(90-73(78)60-56-52-48-44-38-28-24-20-16-12-8-4)64-84-71(76)58-54-50-46-42-40-36-34-32-30-26-22-18-14-10-6-2/h9-10,13-14,19,21-23,25-26,31-34,40,42,50,54,67-69,74H,5-8,11-12,15-18,20,24,27-30,35-39,41,43-49,51-53,55-66H2,1-4H3,(H,79,80)(H,81,82)/b13-9-,14-10-,23-19-,25-21-,26-22-,33-31-,34-32-,42-40-,54-50-. The van der Waals surface area contributed by atoms with Gasteiger partial charge in [0.15, 0.2) is 12.2 Å². The Morgan fingerprint density at radius 1 is 0.326 bits per heavy atom. The second kappa shape index (κ2) is 65.4. The highest BCUT2D eigenvalue weighted by Crippen LogP contribution is 2.45. The Morgan fingerprint density at radius 2 is 0.620 bits per heavy atom. The predicted octanol–water partition coefficient (Wildman–Crippen LogP) is 19.4. The normalized spacial score (nSPS) is 14.7. The van der Waals surface area contributed by atoms with Gasteiger partial charge in [-0.15, -0.1) is 0 Å². The lowest BCUT2D eigenvalue weighted by Crippen LogP contribution is -2.30. The maximum absolute atomic E-state index is 13.0. The van der Waals surface area contributed by atoms with Crippen LogP contribution in [0.3, 0.4) is 0 Å². The van der Waals surface area contributed by atoms with Crippen molar-refractivity contribution >= 4 is 39.5 Å². The first kappa shape index (κ1) is 87.7. The molecule has 5 unspecified atom stereocenters. The monoisotopic (exact) mass is 1330 g/mol. The fourth-order valence-corrected chi connectivity index (χ4v) is 10.5. The number of carbonyl (C=O) groups is 4. The summed E-state index contributed by atoms with van der Waals surface area (Å²) in [6.45, 7) is 4.43. The molecule has 528 valence electrons. The zero-order chi connectivity index (χ0) is 67.5. The van der Waals surface area contributed by atoms with Gasteiger partial charge in [-0.05, 0) is 103 Å². The van der Waals surface area contributed by atoms with Gasteiger partial charge in [0.2, 0.25) is 0 Å². The topological polar surface area (TPSA) is 237 Å². The molecule has 0 heterocycles. The third-order valence-electron chi connectivity index (χ3n) is 14.3. The molecule has 0 aliphatic rings. The Kier molecular flexibility index (Phi) is 62.3. The lowest BCUT2D eigenvalue weighted by atomic mass is 10.1. The van der Waals surface area contributed by atoms with Crippen molar-refractivity contribution in [1.82, 2.24) is 0 Å². The van der Waals surface area contributed by atoms with Crippen LogP contribution in [0.15, 0.2) is 109 Å². The average Bonchev–Trinajstić information content (AvgIpc) is 2.55. The summed E-state index contributed by atoms with van der Waals surface area (Å²) < 4.78 is 68.0. The van der Waals surface area contributed by atoms with Crippen LogP contribution in [0.2, 0.25) is 0 Å². The summed E-state index contributed by atoms with van der Waals surface area (Å²) in [5.41, 5.74) is 0. The first-order valence-corrected chi connectivity index (χ1v) is 38.1. The van der Waals surface area contributed by atoms with Gasteiger partial charge >= 0.3 is 39.5 Å². The van der Waals surface area contributed by atoms with Crippen LogP contribution in [0.25, 0.3) is 0 Å². The van der Waals surface area contributed by atoms with Gasteiger partial charge in [-0.3, -0.25) is 37.3 Å². The minimum atomic E-state index is -4.98. The molecule has 0 amide bonds. The molecule has 17 nitrogen and oxygen atoms in total. The first-order valence-electron chi connectivity index (χ1n) is 35.1. The van der Waals surface area contributed by atoms with E-state index in [4.69, 9.17) is 37.0 Å². The lowest BCUT2D eigenvalue weighted by molar-refractivity contribution is -0.161. The van der Waals surface area contributed by atoms with Crippen molar-refractivity contribution in [3.63, 3.8) is 0 Å². The molecule has 0 aliphatic heterocycles. The third-order valence-corrected chi connectivity index (χ3v) is 16.2. The van der Waals surface area contributed by atoms with Crippen LogP contribution in [0.5, 0.6) is 0 Å². The summed E-state index contributed by atoms with van der Waals surface area (Å²) in [6.07, 6.45) is 67.1. The molecule has 0 saturated carbocycles. The molecule has 3 N–H and O–H groups in total. The molecule has 19 heteroatoms. The number of ether oxygens (including phenoxy) is 4. The number of carbonyl (C=O) groups excluding carboxylic acids is 4. The number of aliphatic hydroxyl groups excluding tert-OH is 1. The SMILES string of the molecule is CC/C=C\C/C=C\C/C=C\C/C=C\C/C=C\CC(=O)OCC(COP(=O)(O)OCC(O)COP(=O)(O)OCC(COC(=O)CCCCCCC/C=C\C/C=C\C/C=C\CC)OC(=O)CCCCCCC/C=C\CCCC)OC(=O)CCCCCCCCCCCCC. The van der Waals surface area contributed by atoms with Gasteiger partial charge < -0.3 is 33.8 Å². The van der Waals surface area contributed by atoms with E-state index in [9.17, 15) is 43.2 Å². The van der Waals surface area contributed by atoms with Crippen LogP contribution in [0.4, 0.5) is 0 Å². The molecule has 0 fully saturated rings. The molecule has 0 radical (unpaired) electrons. The highest BCUT2D eigenvalue weighted by molar-refractivity contribution is 7.47.